The Morgan fingerprint density at radius 1 is 0.793 bits per heavy atom. The zero-order valence-electron chi connectivity index (χ0n) is 17.3. The molecule has 1 amide bonds. The summed E-state index contributed by atoms with van der Waals surface area (Å²) in [7, 11) is 0. The second kappa shape index (κ2) is 8.82. The molecule has 0 unspecified atom stereocenters. The lowest BCUT2D eigenvalue weighted by molar-refractivity contribution is -0.122. The summed E-state index contributed by atoms with van der Waals surface area (Å²) in [5.74, 6) is 1.94. The lowest BCUT2D eigenvalue weighted by Crippen LogP contribution is -2.30. The van der Waals surface area contributed by atoms with Crippen LogP contribution in [0.3, 0.4) is 0 Å². The van der Waals surface area contributed by atoms with Gasteiger partial charge < -0.3 is 14.8 Å². The Labute approximate surface area is 172 Å². The SMILES string of the molecule is C[C@@H](Oc1ccc(C(C)(C)C)cc1)C(=O)Nc1ccc(Oc2ccccc2)cc1. The van der Waals surface area contributed by atoms with Gasteiger partial charge in [0.2, 0.25) is 0 Å². The standard InChI is InChI=1S/C25H27NO3/c1-18(28-22-14-10-19(11-15-22)25(2,3)4)24(27)26-20-12-16-23(17-13-20)29-21-8-6-5-7-9-21/h5-18H,1-4H3,(H,26,27)/t18-/m1/s1. The third-order valence-corrected chi connectivity index (χ3v) is 4.50. The van der Waals surface area contributed by atoms with Crippen LogP contribution in [0.15, 0.2) is 78.9 Å². The van der Waals surface area contributed by atoms with Crippen LogP contribution < -0.4 is 14.8 Å². The summed E-state index contributed by atoms with van der Waals surface area (Å²) in [5.41, 5.74) is 1.99. The molecule has 0 saturated heterocycles. The fraction of sp³-hybridized carbons (Fsp3) is 0.240. The predicted octanol–water partition coefficient (Wildman–Crippen LogP) is 6.18. The number of hydrogen-bond acceptors (Lipinski definition) is 3. The van der Waals surface area contributed by atoms with Gasteiger partial charge >= 0.3 is 0 Å². The van der Waals surface area contributed by atoms with Crippen molar-refractivity contribution in [3.8, 4) is 17.2 Å². The van der Waals surface area contributed by atoms with Crippen LogP contribution in [-0.4, -0.2) is 12.0 Å². The Morgan fingerprint density at radius 3 is 1.93 bits per heavy atom. The van der Waals surface area contributed by atoms with Crippen LogP contribution in [0.2, 0.25) is 0 Å². The summed E-state index contributed by atoms with van der Waals surface area (Å²) in [6.45, 7) is 8.22. The molecule has 0 bridgehead atoms. The van der Waals surface area contributed by atoms with E-state index in [1.807, 2.05) is 66.7 Å². The molecule has 1 atom stereocenters. The highest BCUT2D eigenvalue weighted by molar-refractivity contribution is 5.94. The number of para-hydroxylation sites is 1. The molecule has 0 aliphatic heterocycles. The Bertz CT molecular complexity index is 927. The number of carbonyl (C=O) groups is 1. The van der Waals surface area contributed by atoms with E-state index in [9.17, 15) is 4.79 Å². The number of rotatable bonds is 6. The van der Waals surface area contributed by atoms with E-state index < -0.39 is 6.10 Å². The van der Waals surface area contributed by atoms with Crippen molar-refractivity contribution in [2.45, 2.75) is 39.2 Å². The molecule has 4 heteroatoms. The monoisotopic (exact) mass is 389 g/mol. The van der Waals surface area contributed by atoms with Crippen molar-refractivity contribution in [3.05, 3.63) is 84.4 Å². The van der Waals surface area contributed by atoms with E-state index in [0.717, 1.165) is 5.75 Å². The maximum absolute atomic E-state index is 12.5. The van der Waals surface area contributed by atoms with Gasteiger partial charge in [-0.1, -0.05) is 51.1 Å². The van der Waals surface area contributed by atoms with E-state index in [-0.39, 0.29) is 11.3 Å². The molecule has 0 aliphatic rings. The molecule has 0 saturated carbocycles. The third-order valence-electron chi connectivity index (χ3n) is 4.50. The Hall–Kier alpha value is -3.27. The third kappa shape index (κ3) is 5.85. The van der Waals surface area contributed by atoms with Gasteiger partial charge in [0.05, 0.1) is 0 Å². The van der Waals surface area contributed by atoms with E-state index in [0.29, 0.717) is 17.2 Å². The van der Waals surface area contributed by atoms with Crippen LogP contribution in [0.1, 0.15) is 33.3 Å². The molecule has 0 heterocycles. The maximum Gasteiger partial charge on any atom is 0.265 e. The quantitative estimate of drug-likeness (QED) is 0.547. The van der Waals surface area contributed by atoms with E-state index in [1.54, 1.807) is 19.1 Å². The van der Waals surface area contributed by atoms with E-state index in [1.165, 1.54) is 5.56 Å². The summed E-state index contributed by atoms with van der Waals surface area (Å²) < 4.78 is 11.5. The molecule has 29 heavy (non-hydrogen) atoms. The Morgan fingerprint density at radius 2 is 1.34 bits per heavy atom. The number of anilines is 1. The highest BCUT2D eigenvalue weighted by Gasteiger charge is 2.17. The highest BCUT2D eigenvalue weighted by Crippen LogP contribution is 2.25. The van der Waals surface area contributed by atoms with Crippen LogP contribution in [0, 0.1) is 0 Å². The average molecular weight is 389 g/mol. The number of hydrogen-bond donors (Lipinski definition) is 1. The van der Waals surface area contributed by atoms with Gasteiger partial charge in [0.1, 0.15) is 17.2 Å². The van der Waals surface area contributed by atoms with Gasteiger partial charge in [-0.25, -0.2) is 0 Å². The van der Waals surface area contributed by atoms with Crippen molar-refractivity contribution in [3.63, 3.8) is 0 Å². The molecule has 0 spiro atoms. The van der Waals surface area contributed by atoms with Crippen LogP contribution in [-0.2, 0) is 10.2 Å². The number of nitrogens with one attached hydrogen (secondary N) is 1. The number of ether oxygens (including phenoxy) is 2. The molecule has 3 rings (SSSR count). The largest absolute Gasteiger partial charge is 0.481 e. The minimum absolute atomic E-state index is 0.0813. The first-order valence-corrected chi connectivity index (χ1v) is 9.72. The fourth-order valence-electron chi connectivity index (χ4n) is 2.77. The van der Waals surface area contributed by atoms with Crippen molar-refractivity contribution in [1.29, 1.82) is 0 Å². The van der Waals surface area contributed by atoms with Crippen molar-refractivity contribution in [2.75, 3.05) is 5.32 Å². The predicted molar refractivity (Wildman–Crippen MR) is 117 cm³/mol. The minimum atomic E-state index is -0.615. The first kappa shape index (κ1) is 20.5. The number of carbonyl (C=O) groups excluding carboxylic acids is 1. The summed E-state index contributed by atoms with van der Waals surface area (Å²) in [5, 5.41) is 2.87. The zero-order valence-corrected chi connectivity index (χ0v) is 17.3. The molecular weight excluding hydrogens is 362 g/mol. The second-order valence-corrected chi connectivity index (χ2v) is 7.96. The Balaban J connectivity index is 1.55. The van der Waals surface area contributed by atoms with Gasteiger partial charge in [-0.2, -0.15) is 0 Å². The normalized spacial score (nSPS) is 12.1. The van der Waals surface area contributed by atoms with Crippen LogP contribution in [0.4, 0.5) is 5.69 Å². The number of benzene rings is 3. The molecule has 0 aliphatic carbocycles. The van der Waals surface area contributed by atoms with Crippen LogP contribution in [0.25, 0.3) is 0 Å². The van der Waals surface area contributed by atoms with E-state index >= 15 is 0 Å². The van der Waals surface area contributed by atoms with Gasteiger partial charge in [-0.15, -0.1) is 0 Å². The van der Waals surface area contributed by atoms with Crippen molar-refractivity contribution >= 4 is 11.6 Å². The zero-order chi connectivity index (χ0) is 20.9. The smallest absolute Gasteiger partial charge is 0.265 e. The fourth-order valence-corrected chi connectivity index (χ4v) is 2.77. The molecule has 0 radical (unpaired) electrons. The Kier molecular flexibility index (Phi) is 6.23. The van der Waals surface area contributed by atoms with Crippen molar-refractivity contribution in [1.82, 2.24) is 0 Å². The number of amides is 1. The molecule has 1 N–H and O–H groups in total. The maximum atomic E-state index is 12.5. The summed E-state index contributed by atoms with van der Waals surface area (Å²) >= 11 is 0. The summed E-state index contributed by atoms with van der Waals surface area (Å²) in [4.78, 5) is 12.5. The second-order valence-electron chi connectivity index (χ2n) is 7.96. The molecule has 0 fully saturated rings. The van der Waals surface area contributed by atoms with Gasteiger partial charge in [-0.3, -0.25) is 4.79 Å². The van der Waals surface area contributed by atoms with Crippen molar-refractivity contribution in [2.24, 2.45) is 0 Å². The van der Waals surface area contributed by atoms with E-state index in [2.05, 4.69) is 26.1 Å². The van der Waals surface area contributed by atoms with Gasteiger partial charge in [0, 0.05) is 5.69 Å². The van der Waals surface area contributed by atoms with Gasteiger partial charge in [0.15, 0.2) is 6.10 Å². The molecule has 0 aromatic heterocycles. The molecule has 3 aromatic rings. The molecular formula is C25H27NO3. The highest BCUT2D eigenvalue weighted by atomic mass is 16.5. The lowest BCUT2D eigenvalue weighted by atomic mass is 9.87. The van der Waals surface area contributed by atoms with Gasteiger partial charge in [-0.05, 0) is 66.4 Å². The van der Waals surface area contributed by atoms with Crippen LogP contribution in [0.5, 0.6) is 17.2 Å². The molecule has 150 valence electrons. The minimum Gasteiger partial charge on any atom is -0.481 e. The van der Waals surface area contributed by atoms with Crippen molar-refractivity contribution < 1.29 is 14.3 Å². The summed E-state index contributed by atoms with van der Waals surface area (Å²) in [6, 6.07) is 24.7. The van der Waals surface area contributed by atoms with Crippen LogP contribution >= 0.6 is 0 Å². The van der Waals surface area contributed by atoms with Gasteiger partial charge in [0.25, 0.3) is 5.91 Å². The van der Waals surface area contributed by atoms with E-state index in [4.69, 9.17) is 9.47 Å². The molecule has 3 aromatic carbocycles. The lowest BCUT2D eigenvalue weighted by Gasteiger charge is -2.20. The first-order valence-electron chi connectivity index (χ1n) is 9.72. The topological polar surface area (TPSA) is 47.6 Å². The summed E-state index contributed by atoms with van der Waals surface area (Å²) in [6.07, 6.45) is -0.615. The first-order chi connectivity index (χ1) is 13.8. The molecule has 4 nitrogen and oxygen atoms in total. The average Bonchev–Trinajstić information content (AvgIpc) is 2.70.